The SMILES string of the molecule is C=C(CNC(=O)C(Cl)Cl)c1ccccc1. The van der Waals surface area contributed by atoms with Gasteiger partial charge in [-0.3, -0.25) is 4.79 Å². The summed E-state index contributed by atoms with van der Waals surface area (Å²) >= 11 is 10.8. The molecule has 0 saturated heterocycles. The predicted octanol–water partition coefficient (Wildman–Crippen LogP) is 2.62. The normalized spacial score (nSPS) is 10.1. The van der Waals surface area contributed by atoms with Crippen molar-refractivity contribution in [2.24, 2.45) is 0 Å². The monoisotopic (exact) mass is 243 g/mol. The second-order valence-corrected chi connectivity index (χ2v) is 4.08. The molecule has 0 aliphatic carbocycles. The van der Waals surface area contributed by atoms with Crippen molar-refractivity contribution in [3.63, 3.8) is 0 Å². The number of carbonyl (C=O) groups excluding carboxylic acids is 1. The van der Waals surface area contributed by atoms with Crippen LogP contribution in [0.3, 0.4) is 0 Å². The third-order valence-electron chi connectivity index (χ3n) is 1.86. The van der Waals surface area contributed by atoms with Crippen LogP contribution < -0.4 is 5.32 Å². The molecule has 4 heteroatoms. The fourth-order valence-electron chi connectivity index (χ4n) is 1.05. The second-order valence-electron chi connectivity index (χ2n) is 2.99. The molecule has 1 amide bonds. The lowest BCUT2D eigenvalue weighted by atomic mass is 10.1. The van der Waals surface area contributed by atoms with Crippen molar-refractivity contribution in [2.75, 3.05) is 6.54 Å². The molecular formula is C11H11Cl2NO. The van der Waals surface area contributed by atoms with Crippen LogP contribution in [-0.4, -0.2) is 17.3 Å². The van der Waals surface area contributed by atoms with E-state index in [0.717, 1.165) is 11.1 Å². The summed E-state index contributed by atoms with van der Waals surface area (Å²) < 4.78 is 0. The number of benzene rings is 1. The molecular weight excluding hydrogens is 233 g/mol. The average molecular weight is 244 g/mol. The van der Waals surface area contributed by atoms with Gasteiger partial charge >= 0.3 is 0 Å². The second kappa shape index (κ2) is 5.79. The minimum atomic E-state index is -1.03. The zero-order valence-electron chi connectivity index (χ0n) is 8.04. The smallest absolute Gasteiger partial charge is 0.253 e. The Morgan fingerprint density at radius 2 is 1.93 bits per heavy atom. The number of rotatable bonds is 4. The first-order valence-electron chi connectivity index (χ1n) is 4.40. The summed E-state index contributed by atoms with van der Waals surface area (Å²) in [7, 11) is 0. The molecule has 80 valence electrons. The van der Waals surface area contributed by atoms with E-state index >= 15 is 0 Å². The molecule has 0 aliphatic rings. The molecule has 0 bridgehead atoms. The first-order chi connectivity index (χ1) is 7.11. The van der Waals surface area contributed by atoms with E-state index in [1.165, 1.54) is 0 Å². The van der Waals surface area contributed by atoms with Crippen LogP contribution in [0.4, 0.5) is 0 Å². The van der Waals surface area contributed by atoms with Crippen molar-refractivity contribution < 1.29 is 4.79 Å². The summed E-state index contributed by atoms with van der Waals surface area (Å²) in [6.07, 6.45) is 0. The molecule has 0 atom stereocenters. The van der Waals surface area contributed by atoms with E-state index in [1.807, 2.05) is 30.3 Å². The van der Waals surface area contributed by atoms with Crippen LogP contribution in [0.1, 0.15) is 5.56 Å². The Labute approximate surface area is 98.9 Å². The van der Waals surface area contributed by atoms with Crippen LogP contribution in [0.2, 0.25) is 0 Å². The summed E-state index contributed by atoms with van der Waals surface area (Å²) in [6, 6.07) is 9.59. The number of nitrogens with one attached hydrogen (secondary N) is 1. The number of carbonyl (C=O) groups is 1. The van der Waals surface area contributed by atoms with Crippen LogP contribution in [-0.2, 0) is 4.79 Å². The molecule has 0 heterocycles. The Kier molecular flexibility index (Phi) is 4.66. The number of halogens is 2. The molecule has 0 aliphatic heterocycles. The van der Waals surface area contributed by atoms with Crippen LogP contribution in [0.5, 0.6) is 0 Å². The lowest BCUT2D eigenvalue weighted by molar-refractivity contribution is -0.119. The summed E-state index contributed by atoms with van der Waals surface area (Å²) in [5.41, 5.74) is 1.80. The summed E-state index contributed by atoms with van der Waals surface area (Å²) in [5.74, 6) is -0.407. The lowest BCUT2D eigenvalue weighted by Crippen LogP contribution is -2.29. The maximum Gasteiger partial charge on any atom is 0.253 e. The van der Waals surface area contributed by atoms with Gasteiger partial charge in [0.25, 0.3) is 5.91 Å². The van der Waals surface area contributed by atoms with E-state index in [0.29, 0.717) is 6.54 Å². The van der Waals surface area contributed by atoms with E-state index < -0.39 is 10.7 Å². The highest BCUT2D eigenvalue weighted by molar-refractivity contribution is 6.53. The van der Waals surface area contributed by atoms with Gasteiger partial charge in [-0.25, -0.2) is 0 Å². The lowest BCUT2D eigenvalue weighted by Gasteiger charge is -2.08. The van der Waals surface area contributed by atoms with E-state index in [2.05, 4.69) is 11.9 Å². The summed E-state index contributed by atoms with van der Waals surface area (Å²) in [6.45, 7) is 4.20. The molecule has 0 unspecified atom stereocenters. The number of hydrogen-bond donors (Lipinski definition) is 1. The molecule has 0 spiro atoms. The molecule has 0 radical (unpaired) electrons. The highest BCUT2D eigenvalue weighted by atomic mass is 35.5. The molecule has 15 heavy (non-hydrogen) atoms. The van der Waals surface area contributed by atoms with Gasteiger partial charge in [-0.15, -0.1) is 0 Å². The van der Waals surface area contributed by atoms with E-state index in [1.54, 1.807) is 0 Å². The average Bonchev–Trinajstić information content (AvgIpc) is 2.26. The zero-order chi connectivity index (χ0) is 11.3. The molecule has 2 nitrogen and oxygen atoms in total. The Morgan fingerprint density at radius 1 is 1.33 bits per heavy atom. The Morgan fingerprint density at radius 3 is 2.47 bits per heavy atom. The van der Waals surface area contributed by atoms with Crippen LogP contribution in [0.15, 0.2) is 36.9 Å². The highest BCUT2D eigenvalue weighted by Gasteiger charge is 2.10. The third kappa shape index (κ3) is 3.94. The van der Waals surface area contributed by atoms with Gasteiger partial charge in [-0.2, -0.15) is 0 Å². The third-order valence-corrected chi connectivity index (χ3v) is 2.25. The molecule has 1 aromatic carbocycles. The predicted molar refractivity (Wildman–Crippen MR) is 64.0 cm³/mol. The number of amides is 1. The first-order valence-corrected chi connectivity index (χ1v) is 5.27. The van der Waals surface area contributed by atoms with Crippen molar-refractivity contribution in [3.05, 3.63) is 42.5 Å². The van der Waals surface area contributed by atoms with Gasteiger partial charge in [0.15, 0.2) is 4.84 Å². The molecule has 1 N–H and O–H groups in total. The van der Waals surface area contributed by atoms with Gasteiger partial charge in [0.2, 0.25) is 0 Å². The fourth-order valence-corrected chi connectivity index (χ4v) is 1.20. The van der Waals surface area contributed by atoms with E-state index in [4.69, 9.17) is 23.2 Å². The maximum absolute atomic E-state index is 11.1. The first kappa shape index (κ1) is 12.1. The van der Waals surface area contributed by atoms with Gasteiger partial charge in [-0.1, -0.05) is 60.1 Å². The topological polar surface area (TPSA) is 29.1 Å². The van der Waals surface area contributed by atoms with Gasteiger partial charge in [0, 0.05) is 6.54 Å². The molecule has 0 fully saturated rings. The zero-order valence-corrected chi connectivity index (χ0v) is 9.55. The molecule has 1 aromatic rings. The Bertz CT molecular complexity index is 349. The fraction of sp³-hybridized carbons (Fsp3) is 0.182. The van der Waals surface area contributed by atoms with Gasteiger partial charge < -0.3 is 5.32 Å². The largest absolute Gasteiger partial charge is 0.350 e. The molecule has 1 rings (SSSR count). The highest BCUT2D eigenvalue weighted by Crippen LogP contribution is 2.10. The van der Waals surface area contributed by atoms with Crippen molar-refractivity contribution in [3.8, 4) is 0 Å². The van der Waals surface area contributed by atoms with Crippen LogP contribution in [0, 0.1) is 0 Å². The summed E-state index contributed by atoms with van der Waals surface area (Å²) in [5, 5.41) is 2.58. The Hall–Kier alpha value is -0.990. The van der Waals surface area contributed by atoms with E-state index in [9.17, 15) is 4.79 Å². The van der Waals surface area contributed by atoms with Crippen molar-refractivity contribution in [1.82, 2.24) is 5.32 Å². The molecule has 0 saturated carbocycles. The van der Waals surface area contributed by atoms with Crippen molar-refractivity contribution in [2.45, 2.75) is 4.84 Å². The van der Waals surface area contributed by atoms with Crippen LogP contribution >= 0.6 is 23.2 Å². The standard InChI is InChI=1S/C11H11Cl2NO/c1-8(7-14-11(15)10(12)13)9-5-3-2-4-6-9/h2-6,10H,1,7H2,(H,14,15). The summed E-state index contributed by atoms with van der Waals surface area (Å²) in [4.78, 5) is 10.0. The number of alkyl halides is 2. The quantitative estimate of drug-likeness (QED) is 0.810. The minimum Gasteiger partial charge on any atom is -0.350 e. The van der Waals surface area contributed by atoms with Crippen LogP contribution in [0.25, 0.3) is 5.57 Å². The van der Waals surface area contributed by atoms with Crippen molar-refractivity contribution >= 4 is 34.7 Å². The van der Waals surface area contributed by atoms with Crippen molar-refractivity contribution in [1.29, 1.82) is 0 Å². The Balaban J connectivity index is 2.48. The van der Waals surface area contributed by atoms with Gasteiger partial charge in [0.05, 0.1) is 0 Å². The minimum absolute atomic E-state index is 0.346. The molecule has 0 aromatic heterocycles. The number of hydrogen-bond acceptors (Lipinski definition) is 1. The van der Waals surface area contributed by atoms with Gasteiger partial charge in [-0.05, 0) is 11.1 Å². The van der Waals surface area contributed by atoms with E-state index in [-0.39, 0.29) is 0 Å². The van der Waals surface area contributed by atoms with Gasteiger partial charge in [0.1, 0.15) is 0 Å². The maximum atomic E-state index is 11.1.